The van der Waals surface area contributed by atoms with Crippen molar-refractivity contribution in [2.45, 2.75) is 33.4 Å². The van der Waals surface area contributed by atoms with Crippen molar-refractivity contribution in [2.75, 3.05) is 20.8 Å². The molecular formula is C27H34N2O4. The van der Waals surface area contributed by atoms with Crippen LogP contribution in [-0.2, 0) is 11.3 Å². The zero-order valence-corrected chi connectivity index (χ0v) is 20.1. The molecule has 0 saturated heterocycles. The first kappa shape index (κ1) is 25.7. The highest BCUT2D eigenvalue weighted by atomic mass is 16.5. The highest BCUT2D eigenvalue weighted by molar-refractivity contribution is 5.77. The monoisotopic (exact) mass is 450 g/mol. The van der Waals surface area contributed by atoms with Crippen LogP contribution in [0.25, 0.3) is 0 Å². The quantitative estimate of drug-likeness (QED) is 0.490. The van der Waals surface area contributed by atoms with Crippen molar-refractivity contribution in [1.82, 2.24) is 5.32 Å². The van der Waals surface area contributed by atoms with E-state index in [0.717, 1.165) is 16.7 Å². The van der Waals surface area contributed by atoms with E-state index in [1.165, 1.54) is 5.56 Å². The summed E-state index contributed by atoms with van der Waals surface area (Å²) in [5.74, 6) is 1.79. The van der Waals surface area contributed by atoms with Gasteiger partial charge in [0.2, 0.25) is 0 Å². The van der Waals surface area contributed by atoms with E-state index in [1.54, 1.807) is 26.4 Å². The number of nitrogens with one attached hydrogen (secondary N) is 1. The molecule has 1 unspecified atom stereocenters. The molecule has 1 atom stereocenters. The molecule has 0 fully saturated rings. The molecule has 3 aromatic carbocycles. The summed E-state index contributed by atoms with van der Waals surface area (Å²) in [5.41, 5.74) is 10.4. The van der Waals surface area contributed by atoms with Crippen molar-refractivity contribution in [3.05, 3.63) is 89.0 Å². The van der Waals surface area contributed by atoms with E-state index in [9.17, 15) is 4.79 Å². The summed E-state index contributed by atoms with van der Waals surface area (Å²) in [6.45, 7) is 6.45. The second kappa shape index (κ2) is 13.1. The van der Waals surface area contributed by atoms with Crippen LogP contribution in [0.2, 0.25) is 0 Å². The molecule has 0 bridgehead atoms. The number of hydrogen-bond acceptors (Lipinski definition) is 5. The molecule has 0 spiro atoms. The average Bonchev–Trinajstić information content (AvgIpc) is 2.87. The van der Waals surface area contributed by atoms with E-state index in [-0.39, 0.29) is 18.6 Å². The number of nitrogens with two attached hydrogens (primary N) is 1. The predicted octanol–water partition coefficient (Wildman–Crippen LogP) is 4.78. The predicted molar refractivity (Wildman–Crippen MR) is 132 cm³/mol. The number of hydrogen-bond donors (Lipinski definition) is 2. The van der Waals surface area contributed by atoms with E-state index < -0.39 is 0 Å². The van der Waals surface area contributed by atoms with Crippen molar-refractivity contribution in [2.24, 2.45) is 5.73 Å². The fourth-order valence-electron chi connectivity index (χ4n) is 3.13. The van der Waals surface area contributed by atoms with Crippen molar-refractivity contribution in [3.63, 3.8) is 0 Å². The summed E-state index contributed by atoms with van der Waals surface area (Å²) in [6.07, 6.45) is 0. The standard InChI is InChI=1S/C25H28N2O4.C2H6/c1-17-4-6-18(7-5-17)15-27-24(28)16-31-20-10-8-19(9-11-20)25(26)22-13-12-21(29-2)14-23(22)30-3;1-2/h4-14,25H,15-16,26H2,1-3H3,(H,27,28);1-2H3. The molecule has 176 valence electrons. The molecule has 0 radical (unpaired) electrons. The number of carbonyl (C=O) groups is 1. The molecule has 3 N–H and O–H groups in total. The van der Waals surface area contributed by atoms with Crippen LogP contribution in [0.3, 0.4) is 0 Å². The first-order chi connectivity index (χ1) is 16.0. The largest absolute Gasteiger partial charge is 0.497 e. The Hall–Kier alpha value is -3.51. The molecule has 0 aliphatic heterocycles. The zero-order valence-electron chi connectivity index (χ0n) is 20.1. The van der Waals surface area contributed by atoms with Crippen LogP contribution in [0.15, 0.2) is 66.7 Å². The Morgan fingerprint density at radius 1 is 0.909 bits per heavy atom. The molecular weight excluding hydrogens is 416 g/mol. The SMILES string of the molecule is CC.COc1ccc(C(N)c2ccc(OCC(=O)NCc3ccc(C)cc3)cc2)c(OC)c1. The van der Waals surface area contributed by atoms with Crippen LogP contribution in [0.5, 0.6) is 17.2 Å². The Labute approximate surface area is 196 Å². The number of methoxy groups -OCH3 is 2. The Morgan fingerprint density at radius 3 is 2.15 bits per heavy atom. The third-order valence-corrected chi connectivity index (χ3v) is 5.00. The number of carbonyl (C=O) groups excluding carboxylic acids is 1. The van der Waals surface area contributed by atoms with Crippen LogP contribution in [-0.4, -0.2) is 26.7 Å². The Balaban J connectivity index is 0.00000187. The van der Waals surface area contributed by atoms with E-state index in [1.807, 2.05) is 75.4 Å². The summed E-state index contributed by atoms with van der Waals surface area (Å²) in [6, 6.07) is 20.6. The lowest BCUT2D eigenvalue weighted by Gasteiger charge is -2.17. The van der Waals surface area contributed by atoms with Crippen LogP contribution in [0.1, 0.15) is 42.1 Å². The van der Waals surface area contributed by atoms with Gasteiger partial charge in [0.05, 0.1) is 20.3 Å². The van der Waals surface area contributed by atoms with E-state index in [4.69, 9.17) is 19.9 Å². The van der Waals surface area contributed by atoms with Crippen LogP contribution in [0, 0.1) is 6.92 Å². The maximum absolute atomic E-state index is 12.1. The number of rotatable bonds is 9. The van der Waals surface area contributed by atoms with Gasteiger partial charge in [-0.15, -0.1) is 0 Å². The van der Waals surface area contributed by atoms with Gasteiger partial charge in [-0.1, -0.05) is 55.8 Å². The van der Waals surface area contributed by atoms with Gasteiger partial charge in [-0.2, -0.15) is 0 Å². The highest BCUT2D eigenvalue weighted by Gasteiger charge is 2.15. The van der Waals surface area contributed by atoms with Gasteiger partial charge >= 0.3 is 0 Å². The minimum Gasteiger partial charge on any atom is -0.497 e. The topological polar surface area (TPSA) is 82.8 Å². The Bertz CT molecular complexity index is 1000. The van der Waals surface area contributed by atoms with Crippen molar-refractivity contribution >= 4 is 5.91 Å². The molecule has 6 nitrogen and oxygen atoms in total. The average molecular weight is 451 g/mol. The number of amides is 1. The first-order valence-electron chi connectivity index (χ1n) is 11.0. The lowest BCUT2D eigenvalue weighted by molar-refractivity contribution is -0.123. The first-order valence-corrected chi connectivity index (χ1v) is 11.0. The molecule has 1 amide bonds. The molecule has 0 aliphatic rings. The summed E-state index contributed by atoms with van der Waals surface area (Å²) in [4.78, 5) is 12.1. The molecule has 3 rings (SSSR count). The molecule has 0 aliphatic carbocycles. The van der Waals surface area contributed by atoms with Gasteiger partial charge in [0.15, 0.2) is 6.61 Å². The van der Waals surface area contributed by atoms with Gasteiger partial charge < -0.3 is 25.3 Å². The smallest absolute Gasteiger partial charge is 0.258 e. The minimum atomic E-state index is -0.368. The van der Waals surface area contributed by atoms with Crippen molar-refractivity contribution in [3.8, 4) is 17.2 Å². The van der Waals surface area contributed by atoms with Gasteiger partial charge in [0, 0.05) is 18.2 Å². The lowest BCUT2D eigenvalue weighted by atomic mass is 9.98. The maximum Gasteiger partial charge on any atom is 0.258 e. The zero-order chi connectivity index (χ0) is 24.2. The fourth-order valence-corrected chi connectivity index (χ4v) is 3.13. The Morgan fingerprint density at radius 2 is 1.55 bits per heavy atom. The highest BCUT2D eigenvalue weighted by Crippen LogP contribution is 2.32. The lowest BCUT2D eigenvalue weighted by Crippen LogP contribution is -2.28. The van der Waals surface area contributed by atoms with Crippen LogP contribution >= 0.6 is 0 Å². The maximum atomic E-state index is 12.1. The third-order valence-electron chi connectivity index (χ3n) is 5.00. The van der Waals surface area contributed by atoms with Crippen molar-refractivity contribution in [1.29, 1.82) is 0 Å². The van der Waals surface area contributed by atoms with Gasteiger partial charge in [0.1, 0.15) is 17.2 Å². The van der Waals surface area contributed by atoms with Crippen LogP contribution in [0.4, 0.5) is 0 Å². The molecule has 0 heterocycles. The van der Waals surface area contributed by atoms with Gasteiger partial charge in [-0.25, -0.2) is 0 Å². The number of aryl methyl sites for hydroxylation is 1. The summed E-state index contributed by atoms with van der Waals surface area (Å²) >= 11 is 0. The molecule has 0 saturated carbocycles. The molecule has 6 heteroatoms. The van der Waals surface area contributed by atoms with Gasteiger partial charge in [-0.3, -0.25) is 4.79 Å². The minimum absolute atomic E-state index is 0.0520. The summed E-state index contributed by atoms with van der Waals surface area (Å²) < 4.78 is 16.3. The summed E-state index contributed by atoms with van der Waals surface area (Å²) in [7, 11) is 3.21. The fraction of sp³-hybridized carbons (Fsp3) is 0.296. The van der Waals surface area contributed by atoms with Crippen molar-refractivity contribution < 1.29 is 19.0 Å². The van der Waals surface area contributed by atoms with Crippen LogP contribution < -0.4 is 25.3 Å². The third kappa shape index (κ3) is 7.54. The second-order valence-electron chi connectivity index (χ2n) is 7.21. The molecule has 33 heavy (non-hydrogen) atoms. The normalized spacial score (nSPS) is 11.0. The van der Waals surface area contributed by atoms with Gasteiger partial charge in [0.25, 0.3) is 5.91 Å². The summed E-state index contributed by atoms with van der Waals surface area (Å²) in [5, 5.41) is 2.85. The second-order valence-corrected chi connectivity index (χ2v) is 7.21. The van der Waals surface area contributed by atoms with Gasteiger partial charge in [-0.05, 0) is 42.3 Å². The number of benzene rings is 3. The van der Waals surface area contributed by atoms with E-state index in [2.05, 4.69) is 5.32 Å². The van der Waals surface area contributed by atoms with E-state index in [0.29, 0.717) is 23.8 Å². The van der Waals surface area contributed by atoms with E-state index >= 15 is 0 Å². The molecule has 0 aromatic heterocycles. The molecule has 3 aromatic rings. The Kier molecular flexibility index (Phi) is 10.2. The number of ether oxygens (including phenoxy) is 3.